The summed E-state index contributed by atoms with van der Waals surface area (Å²) in [6, 6.07) is 7.74. The van der Waals surface area contributed by atoms with E-state index in [1.807, 2.05) is 31.2 Å². The van der Waals surface area contributed by atoms with Crippen LogP contribution in [0.25, 0.3) is 0 Å². The number of aryl methyl sites for hydroxylation is 1. The van der Waals surface area contributed by atoms with Crippen LogP contribution in [0.2, 0.25) is 10.0 Å². The molecule has 0 spiro atoms. The van der Waals surface area contributed by atoms with Gasteiger partial charge >= 0.3 is 0 Å². The van der Waals surface area contributed by atoms with Crippen LogP contribution >= 0.6 is 23.2 Å². The van der Waals surface area contributed by atoms with Crippen molar-refractivity contribution in [3.63, 3.8) is 0 Å². The molecule has 0 fully saturated rings. The molecule has 1 atom stereocenters. The molecule has 1 unspecified atom stereocenters. The standard InChI is InChI=1S/C17H20Cl2N2/c1-10(2)16-14(18)8-6-13(21-16)9-11(3)17-15(19)7-5-12(4)20-17/h5-8,10-11H,9H2,1-4H3. The highest BCUT2D eigenvalue weighted by Gasteiger charge is 2.15. The molecule has 2 rings (SSSR count). The van der Waals surface area contributed by atoms with Gasteiger partial charge in [-0.15, -0.1) is 0 Å². The summed E-state index contributed by atoms with van der Waals surface area (Å²) in [7, 11) is 0. The maximum absolute atomic E-state index is 6.26. The Bertz CT molecular complexity index is 639. The van der Waals surface area contributed by atoms with Crippen molar-refractivity contribution in [3.05, 3.63) is 57.1 Å². The molecule has 2 aromatic heterocycles. The Morgan fingerprint density at radius 1 is 0.905 bits per heavy atom. The van der Waals surface area contributed by atoms with E-state index in [0.717, 1.165) is 34.2 Å². The van der Waals surface area contributed by atoms with Crippen molar-refractivity contribution in [2.45, 2.75) is 46.0 Å². The number of halogens is 2. The fraction of sp³-hybridized carbons (Fsp3) is 0.412. The molecule has 0 amide bonds. The van der Waals surface area contributed by atoms with Crippen LogP contribution in [0, 0.1) is 6.92 Å². The molecule has 2 heterocycles. The van der Waals surface area contributed by atoms with Gasteiger partial charge < -0.3 is 0 Å². The Kier molecular flexibility index (Phi) is 5.23. The summed E-state index contributed by atoms with van der Waals surface area (Å²) in [6.07, 6.45) is 0.799. The molecule has 21 heavy (non-hydrogen) atoms. The Labute approximate surface area is 136 Å². The molecule has 0 aromatic carbocycles. The fourth-order valence-corrected chi connectivity index (χ4v) is 2.95. The van der Waals surface area contributed by atoms with E-state index in [1.165, 1.54) is 0 Å². The van der Waals surface area contributed by atoms with E-state index in [1.54, 1.807) is 0 Å². The predicted molar refractivity (Wildman–Crippen MR) is 89.4 cm³/mol. The maximum Gasteiger partial charge on any atom is 0.0624 e. The second kappa shape index (κ2) is 6.76. The van der Waals surface area contributed by atoms with Crippen molar-refractivity contribution in [1.29, 1.82) is 0 Å². The monoisotopic (exact) mass is 322 g/mol. The van der Waals surface area contributed by atoms with E-state index < -0.39 is 0 Å². The predicted octanol–water partition coefficient (Wildman–Crippen LogP) is 5.56. The topological polar surface area (TPSA) is 25.8 Å². The number of hydrogen-bond acceptors (Lipinski definition) is 2. The van der Waals surface area contributed by atoms with Crippen LogP contribution in [0.4, 0.5) is 0 Å². The molecular formula is C17H20Cl2N2. The lowest BCUT2D eigenvalue weighted by atomic mass is 9.99. The van der Waals surface area contributed by atoms with Crippen molar-refractivity contribution >= 4 is 23.2 Å². The minimum Gasteiger partial charge on any atom is -0.256 e. The van der Waals surface area contributed by atoms with Crippen LogP contribution in [-0.4, -0.2) is 9.97 Å². The molecule has 2 aromatic rings. The summed E-state index contributed by atoms with van der Waals surface area (Å²) in [5, 5.41) is 1.44. The highest BCUT2D eigenvalue weighted by atomic mass is 35.5. The highest BCUT2D eigenvalue weighted by molar-refractivity contribution is 6.31. The quantitative estimate of drug-likeness (QED) is 0.736. The first-order valence-corrected chi connectivity index (χ1v) is 7.92. The number of aromatic nitrogens is 2. The van der Waals surface area contributed by atoms with E-state index in [4.69, 9.17) is 23.2 Å². The van der Waals surface area contributed by atoms with Gasteiger partial charge in [-0.25, -0.2) is 0 Å². The molecule has 112 valence electrons. The Morgan fingerprint density at radius 3 is 2.19 bits per heavy atom. The molecule has 0 aliphatic rings. The largest absolute Gasteiger partial charge is 0.256 e. The first-order chi connectivity index (χ1) is 9.88. The van der Waals surface area contributed by atoms with Gasteiger partial charge in [-0.3, -0.25) is 9.97 Å². The normalized spacial score (nSPS) is 12.7. The summed E-state index contributed by atoms with van der Waals surface area (Å²) in [6.45, 7) is 8.30. The molecule has 0 radical (unpaired) electrons. The summed E-state index contributed by atoms with van der Waals surface area (Å²) in [5.74, 6) is 0.527. The molecule has 2 nitrogen and oxygen atoms in total. The van der Waals surface area contributed by atoms with E-state index in [0.29, 0.717) is 10.9 Å². The van der Waals surface area contributed by atoms with E-state index in [2.05, 4.69) is 30.7 Å². The molecule has 0 bridgehead atoms. The van der Waals surface area contributed by atoms with Crippen molar-refractivity contribution < 1.29 is 0 Å². The zero-order valence-corrected chi connectivity index (χ0v) is 14.3. The van der Waals surface area contributed by atoms with Gasteiger partial charge in [0.05, 0.1) is 21.4 Å². The maximum atomic E-state index is 6.26. The second-order valence-corrected chi connectivity index (χ2v) is 6.56. The Hall–Kier alpha value is -1.12. The Balaban J connectivity index is 2.25. The van der Waals surface area contributed by atoms with Crippen molar-refractivity contribution in [2.75, 3.05) is 0 Å². The third-order valence-electron chi connectivity index (χ3n) is 3.47. The molecule has 0 N–H and O–H groups in total. The smallest absolute Gasteiger partial charge is 0.0624 e. The average Bonchev–Trinajstić information content (AvgIpc) is 2.43. The molecular weight excluding hydrogens is 303 g/mol. The van der Waals surface area contributed by atoms with Gasteiger partial charge in [0.25, 0.3) is 0 Å². The number of rotatable bonds is 4. The van der Waals surface area contributed by atoms with Crippen LogP contribution in [0.3, 0.4) is 0 Å². The summed E-state index contributed by atoms with van der Waals surface area (Å²) < 4.78 is 0. The van der Waals surface area contributed by atoms with Crippen LogP contribution in [0.1, 0.15) is 55.4 Å². The number of pyridine rings is 2. The van der Waals surface area contributed by atoms with Gasteiger partial charge in [-0.05, 0) is 43.5 Å². The van der Waals surface area contributed by atoms with E-state index >= 15 is 0 Å². The lowest BCUT2D eigenvalue weighted by molar-refractivity contribution is 0.701. The zero-order chi connectivity index (χ0) is 15.6. The van der Waals surface area contributed by atoms with Crippen molar-refractivity contribution in [1.82, 2.24) is 9.97 Å². The lowest BCUT2D eigenvalue weighted by Crippen LogP contribution is -2.06. The Morgan fingerprint density at radius 2 is 1.52 bits per heavy atom. The minimum atomic E-state index is 0.214. The fourth-order valence-electron chi connectivity index (χ4n) is 2.33. The first-order valence-electron chi connectivity index (χ1n) is 7.16. The minimum absolute atomic E-state index is 0.214. The van der Waals surface area contributed by atoms with Crippen LogP contribution < -0.4 is 0 Å². The van der Waals surface area contributed by atoms with Crippen LogP contribution in [0.5, 0.6) is 0 Å². The molecule has 0 aliphatic heterocycles. The number of hydrogen-bond donors (Lipinski definition) is 0. The molecule has 4 heteroatoms. The van der Waals surface area contributed by atoms with Gasteiger partial charge in [0.2, 0.25) is 0 Å². The first kappa shape index (κ1) is 16.3. The van der Waals surface area contributed by atoms with Gasteiger partial charge in [-0.2, -0.15) is 0 Å². The number of nitrogens with zero attached hydrogens (tertiary/aromatic N) is 2. The molecule has 0 aliphatic carbocycles. The SMILES string of the molecule is Cc1ccc(Cl)c(C(C)Cc2ccc(Cl)c(C(C)C)n2)n1. The van der Waals surface area contributed by atoms with Crippen LogP contribution in [-0.2, 0) is 6.42 Å². The summed E-state index contributed by atoms with van der Waals surface area (Å²) in [5.41, 5.74) is 3.88. The van der Waals surface area contributed by atoms with Gasteiger partial charge in [0.15, 0.2) is 0 Å². The van der Waals surface area contributed by atoms with Gasteiger partial charge in [0.1, 0.15) is 0 Å². The molecule has 0 saturated heterocycles. The van der Waals surface area contributed by atoms with E-state index in [-0.39, 0.29) is 5.92 Å². The zero-order valence-electron chi connectivity index (χ0n) is 12.8. The van der Waals surface area contributed by atoms with Gasteiger partial charge in [0, 0.05) is 17.3 Å². The van der Waals surface area contributed by atoms with Crippen LogP contribution in [0.15, 0.2) is 24.3 Å². The second-order valence-electron chi connectivity index (χ2n) is 5.75. The lowest BCUT2D eigenvalue weighted by Gasteiger charge is -2.15. The third kappa shape index (κ3) is 3.96. The molecule has 0 saturated carbocycles. The van der Waals surface area contributed by atoms with Crippen molar-refractivity contribution in [2.24, 2.45) is 0 Å². The third-order valence-corrected chi connectivity index (χ3v) is 4.11. The van der Waals surface area contributed by atoms with E-state index in [9.17, 15) is 0 Å². The summed E-state index contributed by atoms with van der Waals surface area (Å²) >= 11 is 12.5. The summed E-state index contributed by atoms with van der Waals surface area (Å²) in [4.78, 5) is 9.24. The average molecular weight is 323 g/mol. The van der Waals surface area contributed by atoms with Crippen molar-refractivity contribution in [3.8, 4) is 0 Å². The van der Waals surface area contributed by atoms with Gasteiger partial charge in [-0.1, -0.05) is 44.0 Å². The highest BCUT2D eigenvalue weighted by Crippen LogP contribution is 2.27.